The molecule has 0 saturated heterocycles. The van der Waals surface area contributed by atoms with Crippen molar-refractivity contribution >= 4 is 12.2 Å². The van der Waals surface area contributed by atoms with Gasteiger partial charge in [0.15, 0.2) is 0 Å². The maximum Gasteiger partial charge on any atom is 0.221 e. The standard InChI is InChI=1S/C15H12FN5/c16-12-6-4-11(5-7-12)9-19-21-10-14(20-15(21)17)13-3-1-2-8-18-13/h1-10H,(H2,17,20)/b19-9+. The van der Waals surface area contributed by atoms with Crippen molar-refractivity contribution < 1.29 is 4.39 Å². The minimum Gasteiger partial charge on any atom is -0.368 e. The lowest BCUT2D eigenvalue weighted by Gasteiger charge is -1.95. The van der Waals surface area contributed by atoms with E-state index in [4.69, 9.17) is 5.73 Å². The van der Waals surface area contributed by atoms with Crippen LogP contribution in [-0.4, -0.2) is 20.9 Å². The predicted molar refractivity (Wildman–Crippen MR) is 79.3 cm³/mol. The predicted octanol–water partition coefficient (Wildman–Crippen LogP) is 2.55. The van der Waals surface area contributed by atoms with Crippen LogP contribution in [0.5, 0.6) is 0 Å². The third-order valence-electron chi connectivity index (χ3n) is 2.84. The summed E-state index contributed by atoms with van der Waals surface area (Å²) in [4.78, 5) is 8.42. The number of halogens is 1. The topological polar surface area (TPSA) is 69.1 Å². The zero-order valence-corrected chi connectivity index (χ0v) is 11.0. The number of anilines is 1. The average Bonchev–Trinajstić information content (AvgIpc) is 2.89. The number of nitrogen functional groups attached to an aromatic ring is 1. The molecule has 1 aromatic carbocycles. The Kier molecular flexibility index (Phi) is 3.42. The van der Waals surface area contributed by atoms with E-state index in [0.717, 1.165) is 11.3 Å². The Morgan fingerprint density at radius 1 is 1.10 bits per heavy atom. The first-order valence-electron chi connectivity index (χ1n) is 6.28. The number of pyridine rings is 1. The zero-order valence-electron chi connectivity index (χ0n) is 11.0. The molecule has 0 radical (unpaired) electrons. The Hall–Kier alpha value is -3.02. The van der Waals surface area contributed by atoms with Crippen LogP contribution >= 0.6 is 0 Å². The molecule has 2 heterocycles. The largest absolute Gasteiger partial charge is 0.368 e. The summed E-state index contributed by atoms with van der Waals surface area (Å²) in [6, 6.07) is 11.6. The van der Waals surface area contributed by atoms with Crippen LogP contribution in [0, 0.1) is 5.82 Å². The molecule has 0 unspecified atom stereocenters. The first-order chi connectivity index (χ1) is 10.2. The van der Waals surface area contributed by atoms with Gasteiger partial charge in [-0.2, -0.15) is 5.10 Å². The van der Waals surface area contributed by atoms with E-state index in [1.807, 2.05) is 18.2 Å². The Labute approximate surface area is 120 Å². The highest BCUT2D eigenvalue weighted by Gasteiger charge is 2.06. The summed E-state index contributed by atoms with van der Waals surface area (Å²) in [5.41, 5.74) is 7.95. The number of hydrogen-bond acceptors (Lipinski definition) is 4. The number of nitrogens with two attached hydrogens (primary N) is 1. The van der Waals surface area contributed by atoms with Gasteiger partial charge in [0.1, 0.15) is 11.5 Å². The molecular weight excluding hydrogens is 269 g/mol. The summed E-state index contributed by atoms with van der Waals surface area (Å²) in [5.74, 6) is -0.0271. The summed E-state index contributed by atoms with van der Waals surface area (Å²) < 4.78 is 14.3. The summed E-state index contributed by atoms with van der Waals surface area (Å²) in [5, 5.41) is 4.21. The maximum atomic E-state index is 12.8. The molecule has 0 atom stereocenters. The summed E-state index contributed by atoms with van der Waals surface area (Å²) in [6.45, 7) is 0. The van der Waals surface area contributed by atoms with E-state index in [1.54, 1.807) is 30.7 Å². The van der Waals surface area contributed by atoms with E-state index in [1.165, 1.54) is 16.8 Å². The van der Waals surface area contributed by atoms with Gasteiger partial charge >= 0.3 is 0 Å². The molecule has 0 aliphatic carbocycles. The van der Waals surface area contributed by atoms with Crippen molar-refractivity contribution in [3.63, 3.8) is 0 Å². The van der Waals surface area contributed by atoms with Crippen molar-refractivity contribution in [1.82, 2.24) is 14.6 Å². The number of hydrogen-bond donors (Lipinski definition) is 1. The molecule has 104 valence electrons. The summed E-state index contributed by atoms with van der Waals surface area (Å²) in [7, 11) is 0. The van der Waals surface area contributed by atoms with Crippen LogP contribution in [0.4, 0.5) is 10.3 Å². The second-order valence-corrected chi connectivity index (χ2v) is 4.34. The van der Waals surface area contributed by atoms with Crippen LogP contribution < -0.4 is 5.73 Å². The number of aromatic nitrogens is 3. The van der Waals surface area contributed by atoms with E-state index in [-0.39, 0.29) is 11.8 Å². The first kappa shape index (κ1) is 13.0. The molecule has 21 heavy (non-hydrogen) atoms. The minimum atomic E-state index is -0.285. The Balaban J connectivity index is 1.86. The molecule has 0 bridgehead atoms. The van der Waals surface area contributed by atoms with Crippen LogP contribution in [-0.2, 0) is 0 Å². The van der Waals surface area contributed by atoms with Gasteiger partial charge in [-0.25, -0.2) is 14.1 Å². The van der Waals surface area contributed by atoms with Gasteiger partial charge in [0, 0.05) is 6.20 Å². The molecule has 3 rings (SSSR count). The second kappa shape index (κ2) is 5.54. The normalized spacial score (nSPS) is 11.1. The molecular formula is C15H12FN5. The second-order valence-electron chi connectivity index (χ2n) is 4.34. The molecule has 2 aromatic heterocycles. The SMILES string of the molecule is Nc1nc(-c2ccccn2)cn1/N=C/c1ccc(F)cc1. The van der Waals surface area contributed by atoms with Gasteiger partial charge in [0.05, 0.1) is 18.1 Å². The van der Waals surface area contributed by atoms with Gasteiger partial charge < -0.3 is 5.73 Å². The van der Waals surface area contributed by atoms with Gasteiger partial charge in [-0.15, -0.1) is 0 Å². The van der Waals surface area contributed by atoms with E-state index in [0.29, 0.717) is 5.69 Å². The van der Waals surface area contributed by atoms with Gasteiger partial charge in [-0.05, 0) is 29.8 Å². The molecule has 0 fully saturated rings. The molecule has 0 aliphatic heterocycles. The monoisotopic (exact) mass is 281 g/mol. The van der Waals surface area contributed by atoms with Crippen LogP contribution in [0.3, 0.4) is 0 Å². The lowest BCUT2D eigenvalue weighted by Crippen LogP contribution is -1.96. The minimum absolute atomic E-state index is 0.258. The molecule has 6 heteroatoms. The van der Waals surface area contributed by atoms with E-state index in [2.05, 4.69) is 15.1 Å². The van der Waals surface area contributed by atoms with Gasteiger partial charge in [-0.3, -0.25) is 4.98 Å². The van der Waals surface area contributed by atoms with Crippen molar-refractivity contribution in [2.45, 2.75) is 0 Å². The van der Waals surface area contributed by atoms with Gasteiger partial charge in [0.25, 0.3) is 0 Å². The third-order valence-corrected chi connectivity index (χ3v) is 2.84. The first-order valence-corrected chi connectivity index (χ1v) is 6.28. The molecule has 2 N–H and O–H groups in total. The fraction of sp³-hybridized carbons (Fsp3) is 0. The van der Waals surface area contributed by atoms with Gasteiger partial charge in [-0.1, -0.05) is 18.2 Å². The summed E-state index contributed by atoms with van der Waals surface area (Å²) in [6.07, 6.45) is 4.96. The van der Waals surface area contributed by atoms with Crippen molar-refractivity contribution in [3.8, 4) is 11.4 Å². The smallest absolute Gasteiger partial charge is 0.221 e. The van der Waals surface area contributed by atoms with E-state index < -0.39 is 0 Å². The van der Waals surface area contributed by atoms with Crippen LogP contribution in [0.25, 0.3) is 11.4 Å². The van der Waals surface area contributed by atoms with Crippen molar-refractivity contribution in [1.29, 1.82) is 0 Å². The number of nitrogens with zero attached hydrogens (tertiary/aromatic N) is 4. The molecule has 0 aliphatic rings. The van der Waals surface area contributed by atoms with Crippen LogP contribution in [0.1, 0.15) is 5.56 Å². The number of rotatable bonds is 3. The number of benzene rings is 1. The zero-order chi connectivity index (χ0) is 14.7. The van der Waals surface area contributed by atoms with E-state index >= 15 is 0 Å². The molecule has 5 nitrogen and oxygen atoms in total. The fourth-order valence-electron chi connectivity index (χ4n) is 1.79. The summed E-state index contributed by atoms with van der Waals surface area (Å²) >= 11 is 0. The average molecular weight is 281 g/mol. The highest BCUT2D eigenvalue weighted by atomic mass is 19.1. The van der Waals surface area contributed by atoms with Crippen molar-refractivity contribution in [2.24, 2.45) is 5.10 Å². The van der Waals surface area contributed by atoms with Crippen LogP contribution in [0.2, 0.25) is 0 Å². The third kappa shape index (κ3) is 2.94. The maximum absolute atomic E-state index is 12.8. The Morgan fingerprint density at radius 2 is 1.90 bits per heavy atom. The van der Waals surface area contributed by atoms with Gasteiger partial charge in [0.2, 0.25) is 5.95 Å². The molecule has 3 aromatic rings. The highest BCUT2D eigenvalue weighted by Crippen LogP contribution is 2.16. The quantitative estimate of drug-likeness (QED) is 0.750. The number of imidazole rings is 1. The van der Waals surface area contributed by atoms with Crippen LogP contribution in [0.15, 0.2) is 60.0 Å². The molecule has 0 saturated carbocycles. The van der Waals surface area contributed by atoms with E-state index in [9.17, 15) is 4.39 Å². The highest BCUT2D eigenvalue weighted by molar-refractivity contribution is 5.79. The Bertz CT molecular complexity index is 763. The molecule has 0 amide bonds. The Morgan fingerprint density at radius 3 is 2.62 bits per heavy atom. The fourth-order valence-corrected chi connectivity index (χ4v) is 1.79. The molecule has 0 spiro atoms. The van der Waals surface area contributed by atoms with Crippen molar-refractivity contribution in [3.05, 3.63) is 66.2 Å². The lowest BCUT2D eigenvalue weighted by molar-refractivity contribution is 0.628. The van der Waals surface area contributed by atoms with Crippen molar-refractivity contribution in [2.75, 3.05) is 5.73 Å². The lowest BCUT2D eigenvalue weighted by atomic mass is 10.2.